The number of hydrogen-bond donors (Lipinski definition) is 1. The molecule has 4 heteroatoms. The van der Waals surface area contributed by atoms with Crippen LogP contribution in [-0.4, -0.2) is 37.4 Å². The zero-order valence-corrected chi connectivity index (χ0v) is 12.4. The first-order valence-electron chi connectivity index (χ1n) is 7.61. The van der Waals surface area contributed by atoms with Crippen LogP contribution in [0.2, 0.25) is 0 Å². The van der Waals surface area contributed by atoms with Crippen molar-refractivity contribution in [1.29, 1.82) is 0 Å². The van der Waals surface area contributed by atoms with Gasteiger partial charge in [0.2, 0.25) is 6.79 Å². The number of hydrogen-bond acceptors (Lipinski definition) is 4. The molecule has 1 aromatic carbocycles. The zero-order valence-electron chi connectivity index (χ0n) is 12.4. The summed E-state index contributed by atoms with van der Waals surface area (Å²) in [6, 6.07) is 7.13. The highest BCUT2D eigenvalue weighted by molar-refractivity contribution is 5.45. The van der Waals surface area contributed by atoms with E-state index in [-0.39, 0.29) is 0 Å². The third-order valence-electron chi connectivity index (χ3n) is 4.38. The highest BCUT2D eigenvalue weighted by Gasteiger charge is 2.19. The van der Waals surface area contributed by atoms with Gasteiger partial charge < -0.3 is 14.8 Å². The Kier molecular flexibility index (Phi) is 4.13. The predicted molar refractivity (Wildman–Crippen MR) is 79.3 cm³/mol. The van der Waals surface area contributed by atoms with E-state index in [1.165, 1.54) is 31.5 Å². The van der Waals surface area contributed by atoms with Gasteiger partial charge >= 0.3 is 0 Å². The van der Waals surface area contributed by atoms with Crippen molar-refractivity contribution in [3.63, 3.8) is 0 Å². The lowest BCUT2D eigenvalue weighted by Crippen LogP contribution is -2.39. The molecule has 0 radical (unpaired) electrons. The summed E-state index contributed by atoms with van der Waals surface area (Å²) in [6.07, 6.45) is 2.70. The maximum absolute atomic E-state index is 5.44. The number of fused-ring (bicyclic) bond motifs is 1. The molecule has 1 fully saturated rings. The molecule has 1 saturated heterocycles. The van der Waals surface area contributed by atoms with Gasteiger partial charge in [-0.1, -0.05) is 6.07 Å². The van der Waals surface area contributed by atoms with Gasteiger partial charge in [-0.3, -0.25) is 4.90 Å². The van der Waals surface area contributed by atoms with Crippen LogP contribution in [0.5, 0.6) is 11.5 Å². The second kappa shape index (κ2) is 6.02. The number of benzene rings is 1. The molecular formula is C16H24N2O2. The Morgan fingerprint density at radius 3 is 2.70 bits per heavy atom. The molecule has 4 nitrogen and oxygen atoms in total. The van der Waals surface area contributed by atoms with E-state index in [9.17, 15) is 0 Å². The Labute approximate surface area is 121 Å². The molecule has 2 unspecified atom stereocenters. The summed E-state index contributed by atoms with van der Waals surface area (Å²) in [6.45, 7) is 8.38. The molecule has 2 aliphatic rings. The summed E-state index contributed by atoms with van der Waals surface area (Å²) in [5.74, 6) is 1.72. The zero-order chi connectivity index (χ0) is 13.9. The Bertz CT molecular complexity index is 458. The lowest BCUT2D eigenvalue weighted by molar-refractivity contribution is 0.174. The monoisotopic (exact) mass is 276 g/mol. The van der Waals surface area contributed by atoms with Crippen LogP contribution in [0.3, 0.4) is 0 Å². The van der Waals surface area contributed by atoms with Crippen molar-refractivity contribution >= 4 is 0 Å². The summed E-state index contributed by atoms with van der Waals surface area (Å²) >= 11 is 0. The maximum atomic E-state index is 5.44. The van der Waals surface area contributed by atoms with Gasteiger partial charge in [0.15, 0.2) is 11.5 Å². The predicted octanol–water partition coefficient (Wildman–Crippen LogP) is 2.55. The van der Waals surface area contributed by atoms with E-state index in [1.807, 2.05) is 6.07 Å². The van der Waals surface area contributed by atoms with Crippen molar-refractivity contribution < 1.29 is 9.47 Å². The lowest BCUT2D eigenvalue weighted by atomic mass is 10.1. The van der Waals surface area contributed by atoms with Gasteiger partial charge in [0.1, 0.15) is 0 Å². The smallest absolute Gasteiger partial charge is 0.231 e. The molecule has 20 heavy (non-hydrogen) atoms. The molecule has 0 spiro atoms. The third-order valence-corrected chi connectivity index (χ3v) is 4.38. The second-order valence-corrected chi connectivity index (χ2v) is 5.83. The first-order chi connectivity index (χ1) is 9.74. The van der Waals surface area contributed by atoms with E-state index in [2.05, 4.69) is 36.2 Å². The van der Waals surface area contributed by atoms with Crippen LogP contribution >= 0.6 is 0 Å². The summed E-state index contributed by atoms with van der Waals surface area (Å²) < 4.78 is 10.8. The molecule has 3 rings (SSSR count). The number of rotatable bonds is 5. The molecule has 0 bridgehead atoms. The van der Waals surface area contributed by atoms with Gasteiger partial charge in [0, 0.05) is 18.6 Å². The Balaban J connectivity index is 1.54. The Morgan fingerprint density at radius 1 is 1.15 bits per heavy atom. The van der Waals surface area contributed by atoms with Gasteiger partial charge in [-0.2, -0.15) is 0 Å². The molecule has 2 heterocycles. The van der Waals surface area contributed by atoms with E-state index in [1.54, 1.807) is 0 Å². The summed E-state index contributed by atoms with van der Waals surface area (Å²) in [5, 5.41) is 3.63. The van der Waals surface area contributed by atoms with E-state index >= 15 is 0 Å². The molecular weight excluding hydrogens is 252 g/mol. The van der Waals surface area contributed by atoms with E-state index in [0.717, 1.165) is 18.0 Å². The molecule has 1 aromatic rings. The number of nitrogens with zero attached hydrogens (tertiary/aromatic N) is 1. The highest BCUT2D eigenvalue weighted by atomic mass is 16.7. The molecule has 0 aliphatic carbocycles. The van der Waals surface area contributed by atoms with Crippen molar-refractivity contribution in [3.05, 3.63) is 23.8 Å². The third kappa shape index (κ3) is 2.91. The Hall–Kier alpha value is -1.26. The van der Waals surface area contributed by atoms with Crippen molar-refractivity contribution in [3.8, 4) is 11.5 Å². The molecule has 2 atom stereocenters. The van der Waals surface area contributed by atoms with E-state index in [0.29, 0.717) is 18.9 Å². The molecule has 110 valence electrons. The van der Waals surface area contributed by atoms with Gasteiger partial charge in [0.25, 0.3) is 0 Å². The number of likely N-dealkylation sites (tertiary alicyclic amines) is 1. The first-order valence-corrected chi connectivity index (χ1v) is 7.61. The molecule has 0 amide bonds. The van der Waals surface area contributed by atoms with Crippen LogP contribution in [0.4, 0.5) is 0 Å². The fraction of sp³-hybridized carbons (Fsp3) is 0.625. The highest BCUT2D eigenvalue weighted by Crippen LogP contribution is 2.34. The number of nitrogens with one attached hydrogen (secondary N) is 1. The Morgan fingerprint density at radius 2 is 1.90 bits per heavy atom. The topological polar surface area (TPSA) is 33.7 Å². The average Bonchev–Trinajstić information content (AvgIpc) is 3.13. The lowest BCUT2D eigenvalue weighted by Gasteiger charge is -2.26. The second-order valence-electron chi connectivity index (χ2n) is 5.83. The van der Waals surface area contributed by atoms with Crippen LogP contribution in [0.25, 0.3) is 0 Å². The molecule has 0 aromatic heterocycles. The quantitative estimate of drug-likeness (QED) is 0.896. The molecule has 0 saturated carbocycles. The minimum atomic E-state index is 0.328. The molecule has 1 N–H and O–H groups in total. The standard InChI is InChI=1S/C16H24N2O2/c1-12(18-7-3-4-8-18)10-17-13(2)14-5-6-15-16(9-14)20-11-19-15/h5-6,9,12-13,17H,3-4,7-8,10-11H2,1-2H3. The van der Waals surface area contributed by atoms with Crippen LogP contribution in [0.15, 0.2) is 18.2 Å². The fourth-order valence-electron chi connectivity index (χ4n) is 2.96. The minimum absolute atomic E-state index is 0.328. The van der Waals surface area contributed by atoms with Gasteiger partial charge in [-0.05, 0) is 57.5 Å². The van der Waals surface area contributed by atoms with Crippen molar-refractivity contribution in [2.75, 3.05) is 26.4 Å². The van der Waals surface area contributed by atoms with Gasteiger partial charge in [-0.25, -0.2) is 0 Å². The van der Waals surface area contributed by atoms with Gasteiger partial charge in [-0.15, -0.1) is 0 Å². The maximum Gasteiger partial charge on any atom is 0.231 e. The SMILES string of the molecule is CC(NCC(C)N1CCCC1)c1ccc2c(c1)OCO2. The van der Waals surface area contributed by atoms with E-state index < -0.39 is 0 Å². The van der Waals surface area contributed by atoms with Crippen molar-refractivity contribution in [2.24, 2.45) is 0 Å². The van der Waals surface area contributed by atoms with Crippen LogP contribution in [-0.2, 0) is 0 Å². The van der Waals surface area contributed by atoms with Crippen LogP contribution < -0.4 is 14.8 Å². The van der Waals surface area contributed by atoms with Crippen molar-refractivity contribution in [2.45, 2.75) is 38.8 Å². The number of ether oxygens (including phenoxy) is 2. The van der Waals surface area contributed by atoms with Gasteiger partial charge in [0.05, 0.1) is 0 Å². The van der Waals surface area contributed by atoms with E-state index in [4.69, 9.17) is 9.47 Å². The van der Waals surface area contributed by atoms with Crippen molar-refractivity contribution in [1.82, 2.24) is 10.2 Å². The van der Waals surface area contributed by atoms with Crippen LogP contribution in [0.1, 0.15) is 38.3 Å². The molecule has 2 aliphatic heterocycles. The van der Waals surface area contributed by atoms with Crippen LogP contribution in [0, 0.1) is 0 Å². The minimum Gasteiger partial charge on any atom is -0.454 e. The largest absolute Gasteiger partial charge is 0.454 e. The summed E-state index contributed by atoms with van der Waals surface area (Å²) in [7, 11) is 0. The first kappa shape index (κ1) is 13.7. The summed E-state index contributed by atoms with van der Waals surface area (Å²) in [4.78, 5) is 2.57. The average molecular weight is 276 g/mol. The fourth-order valence-corrected chi connectivity index (χ4v) is 2.96. The summed E-state index contributed by atoms with van der Waals surface area (Å²) in [5.41, 5.74) is 1.25. The normalized spacial score (nSPS) is 21.1.